The van der Waals surface area contributed by atoms with Gasteiger partial charge in [-0.05, 0) is 35.2 Å². The first kappa shape index (κ1) is 22.3. The molecule has 0 saturated carbocycles. The standard InChI is InChI=1S/C25H26NO9/c1-31-17-3-2-12-6-16-14-8-19-18(32-11-33-19)7-13(14)4-5-26(16)9-15(12)24(17)35-25-23(30)22(29)21(28)20(10-27)34-25/h2-3,6-9,20-23,25,27-30H,4-5,10-11H2,1H3/q+1/t20-,21+,22+,23-,25?/m1/s1. The third-order valence-corrected chi connectivity index (χ3v) is 6.88. The zero-order valence-corrected chi connectivity index (χ0v) is 19.0. The van der Waals surface area contributed by atoms with Crippen LogP contribution >= 0.6 is 0 Å². The molecule has 1 aromatic heterocycles. The monoisotopic (exact) mass is 484 g/mol. The molecule has 184 valence electrons. The molecule has 2 aromatic carbocycles. The summed E-state index contributed by atoms with van der Waals surface area (Å²) in [5, 5.41) is 41.8. The molecule has 3 aliphatic rings. The van der Waals surface area contributed by atoms with E-state index in [2.05, 4.69) is 10.6 Å². The summed E-state index contributed by atoms with van der Waals surface area (Å²) in [7, 11) is 1.51. The maximum atomic E-state index is 10.5. The summed E-state index contributed by atoms with van der Waals surface area (Å²) in [6.45, 7) is 0.404. The number of rotatable bonds is 4. The zero-order valence-electron chi connectivity index (χ0n) is 19.0. The highest BCUT2D eigenvalue weighted by Crippen LogP contribution is 2.42. The molecule has 1 fully saturated rings. The second kappa shape index (κ2) is 8.51. The topological polar surface area (TPSA) is 131 Å². The number of aryl methyl sites for hydroxylation is 2. The van der Waals surface area contributed by atoms with Gasteiger partial charge in [-0.25, -0.2) is 0 Å². The van der Waals surface area contributed by atoms with Crippen molar-refractivity contribution in [1.29, 1.82) is 0 Å². The van der Waals surface area contributed by atoms with Crippen molar-refractivity contribution >= 4 is 10.8 Å². The van der Waals surface area contributed by atoms with Gasteiger partial charge in [0.05, 0.1) is 24.7 Å². The molecule has 3 aliphatic heterocycles. The molecule has 0 aliphatic carbocycles. The number of benzene rings is 2. The predicted octanol–water partition coefficient (Wildman–Crippen LogP) is 0.266. The number of hydrogen-bond acceptors (Lipinski definition) is 9. The van der Waals surface area contributed by atoms with Crippen molar-refractivity contribution in [2.75, 3.05) is 20.5 Å². The number of nitrogens with zero attached hydrogens (tertiary/aromatic N) is 1. The van der Waals surface area contributed by atoms with E-state index in [-0.39, 0.29) is 6.79 Å². The molecule has 3 aromatic rings. The highest BCUT2D eigenvalue weighted by Gasteiger charge is 2.45. The van der Waals surface area contributed by atoms with E-state index in [1.807, 2.05) is 24.4 Å². The van der Waals surface area contributed by atoms with Crippen molar-refractivity contribution in [3.8, 4) is 34.3 Å². The lowest BCUT2D eigenvalue weighted by Gasteiger charge is -2.39. The average molecular weight is 484 g/mol. The predicted molar refractivity (Wildman–Crippen MR) is 120 cm³/mol. The first-order valence-electron chi connectivity index (χ1n) is 11.4. The lowest BCUT2D eigenvalue weighted by Crippen LogP contribution is -2.60. The summed E-state index contributed by atoms with van der Waals surface area (Å²) in [5.74, 6) is 2.22. The summed E-state index contributed by atoms with van der Waals surface area (Å²) in [6.07, 6.45) is -4.19. The van der Waals surface area contributed by atoms with Gasteiger partial charge in [0.1, 0.15) is 24.4 Å². The van der Waals surface area contributed by atoms with Crippen molar-refractivity contribution < 1.29 is 48.7 Å². The summed E-state index contributed by atoms with van der Waals surface area (Å²) in [4.78, 5) is 0. The normalized spacial score (nSPS) is 26.8. The van der Waals surface area contributed by atoms with E-state index in [0.29, 0.717) is 16.9 Å². The minimum atomic E-state index is -1.54. The van der Waals surface area contributed by atoms with Crippen LogP contribution in [0.5, 0.6) is 23.0 Å². The van der Waals surface area contributed by atoms with Crippen LogP contribution in [0, 0.1) is 0 Å². The van der Waals surface area contributed by atoms with Gasteiger partial charge in [-0.2, -0.15) is 4.57 Å². The van der Waals surface area contributed by atoms with Crippen LogP contribution in [0.15, 0.2) is 36.5 Å². The van der Waals surface area contributed by atoms with Crippen molar-refractivity contribution in [2.45, 2.75) is 43.7 Å². The summed E-state index contributed by atoms with van der Waals surface area (Å²) < 4.78 is 30.4. The van der Waals surface area contributed by atoms with Gasteiger partial charge in [-0.3, -0.25) is 0 Å². The molecule has 5 atom stereocenters. The summed E-state index contributed by atoms with van der Waals surface area (Å²) >= 11 is 0. The van der Waals surface area contributed by atoms with Crippen LogP contribution in [0.2, 0.25) is 0 Å². The van der Waals surface area contributed by atoms with Crippen molar-refractivity contribution in [3.05, 3.63) is 42.1 Å². The number of methoxy groups -OCH3 is 1. The lowest BCUT2D eigenvalue weighted by molar-refractivity contribution is -0.686. The quantitative estimate of drug-likeness (QED) is 0.385. The molecule has 10 nitrogen and oxygen atoms in total. The second-order valence-electron chi connectivity index (χ2n) is 8.88. The van der Waals surface area contributed by atoms with E-state index in [1.54, 1.807) is 6.07 Å². The van der Waals surface area contributed by atoms with Crippen LogP contribution in [0.4, 0.5) is 0 Å². The van der Waals surface area contributed by atoms with Crippen LogP contribution in [0.3, 0.4) is 0 Å². The largest absolute Gasteiger partial charge is 0.493 e. The first-order valence-corrected chi connectivity index (χ1v) is 11.4. The SMILES string of the molecule is COc1ccc2cc3[n+](cc2c1OC1O[C@H](CO)[C@H](O)[C@H](O)[C@H]1O)CCc1cc2c(cc1-3)OCO2. The zero-order chi connectivity index (χ0) is 24.3. The van der Waals surface area contributed by atoms with Gasteiger partial charge in [0.25, 0.3) is 0 Å². The molecule has 10 heteroatoms. The molecule has 0 bridgehead atoms. The fourth-order valence-corrected chi connectivity index (χ4v) is 4.96. The Bertz CT molecular complexity index is 1290. The first-order chi connectivity index (χ1) is 17.0. The van der Waals surface area contributed by atoms with Gasteiger partial charge in [0.2, 0.25) is 18.8 Å². The Morgan fingerprint density at radius 3 is 2.60 bits per heavy atom. The molecule has 0 radical (unpaired) electrons. The third kappa shape index (κ3) is 3.57. The van der Waals surface area contributed by atoms with E-state index < -0.39 is 37.3 Å². The van der Waals surface area contributed by atoms with Gasteiger partial charge in [-0.1, -0.05) is 0 Å². The molecule has 0 spiro atoms. The number of aromatic nitrogens is 1. The maximum Gasteiger partial charge on any atom is 0.231 e. The Morgan fingerprint density at radius 2 is 1.83 bits per heavy atom. The Labute approximate surface area is 200 Å². The van der Waals surface area contributed by atoms with Crippen LogP contribution < -0.4 is 23.5 Å². The van der Waals surface area contributed by atoms with E-state index in [1.165, 1.54) is 12.7 Å². The smallest absolute Gasteiger partial charge is 0.231 e. The number of hydrogen-bond donors (Lipinski definition) is 4. The van der Waals surface area contributed by atoms with Crippen molar-refractivity contribution in [2.24, 2.45) is 0 Å². The fraction of sp³-hybridized carbons (Fsp3) is 0.400. The number of aliphatic hydroxyl groups is 4. The highest BCUT2D eigenvalue weighted by atomic mass is 16.7. The van der Waals surface area contributed by atoms with Gasteiger partial charge >= 0.3 is 0 Å². The van der Waals surface area contributed by atoms with Crippen molar-refractivity contribution in [3.63, 3.8) is 0 Å². The van der Waals surface area contributed by atoms with E-state index in [0.717, 1.165) is 41.1 Å². The molecule has 0 amide bonds. The van der Waals surface area contributed by atoms with Crippen LogP contribution in [0.25, 0.3) is 22.0 Å². The number of aliphatic hydroxyl groups excluding tert-OH is 4. The molecule has 1 unspecified atom stereocenters. The van der Waals surface area contributed by atoms with E-state index >= 15 is 0 Å². The molecular formula is C25H26NO9+. The van der Waals surface area contributed by atoms with Gasteiger partial charge in [0, 0.05) is 12.5 Å². The fourth-order valence-electron chi connectivity index (χ4n) is 4.96. The van der Waals surface area contributed by atoms with Crippen LogP contribution in [0.1, 0.15) is 5.56 Å². The lowest BCUT2D eigenvalue weighted by atomic mass is 9.95. The molecule has 35 heavy (non-hydrogen) atoms. The van der Waals surface area contributed by atoms with Gasteiger partial charge in [-0.15, -0.1) is 0 Å². The number of ether oxygens (including phenoxy) is 5. The molecule has 1 saturated heterocycles. The summed E-state index contributed by atoms with van der Waals surface area (Å²) in [6, 6.07) is 9.75. The number of fused-ring (bicyclic) bond motifs is 5. The van der Waals surface area contributed by atoms with Crippen molar-refractivity contribution in [1.82, 2.24) is 0 Å². The van der Waals surface area contributed by atoms with Crippen LogP contribution in [-0.2, 0) is 17.7 Å². The van der Waals surface area contributed by atoms with Gasteiger partial charge in [0.15, 0.2) is 35.7 Å². The van der Waals surface area contributed by atoms with E-state index in [4.69, 9.17) is 23.7 Å². The van der Waals surface area contributed by atoms with E-state index in [9.17, 15) is 20.4 Å². The Hall–Kier alpha value is -3.15. The van der Waals surface area contributed by atoms with Gasteiger partial charge < -0.3 is 44.1 Å². The third-order valence-electron chi connectivity index (χ3n) is 6.88. The molecule has 6 rings (SSSR count). The molecular weight excluding hydrogens is 458 g/mol. The molecule has 4 N–H and O–H groups in total. The highest BCUT2D eigenvalue weighted by molar-refractivity contribution is 5.91. The Balaban J connectivity index is 1.43. The average Bonchev–Trinajstić information content (AvgIpc) is 3.34. The minimum absolute atomic E-state index is 0.217. The van der Waals surface area contributed by atoms with Crippen LogP contribution in [-0.4, -0.2) is 71.6 Å². The summed E-state index contributed by atoms with van der Waals surface area (Å²) in [5.41, 5.74) is 3.26. The minimum Gasteiger partial charge on any atom is -0.493 e. The maximum absolute atomic E-state index is 10.5. The Kier molecular flexibility index (Phi) is 5.42. The Morgan fingerprint density at radius 1 is 1.03 bits per heavy atom. The number of pyridine rings is 1. The molecule has 4 heterocycles. The second-order valence-corrected chi connectivity index (χ2v) is 8.88.